The lowest BCUT2D eigenvalue weighted by Crippen LogP contribution is -2.22. The number of nitrogens with one attached hydrogen (secondary N) is 1. The third-order valence-electron chi connectivity index (χ3n) is 2.66. The number of benzene rings is 1. The second kappa shape index (κ2) is 8.55. The molecule has 1 atom stereocenters. The lowest BCUT2D eigenvalue weighted by atomic mass is 10.2. The number of hydrogen-bond donors (Lipinski definition) is 1. The molecule has 2 aromatic rings. The molecular weight excluding hydrogens is 372 g/mol. The van der Waals surface area contributed by atoms with E-state index in [2.05, 4.69) is 22.4 Å². The molecular formula is C14H13ClN4OS3. The fraction of sp³-hybridized carbons (Fsp3) is 0.286. The SMILES string of the molecule is CCSc1nnc(S[C@@H](C)C(=O)Nc2ccc(C#N)c(Cl)c2)s1. The van der Waals surface area contributed by atoms with Crippen LogP contribution in [0.5, 0.6) is 0 Å². The molecule has 1 heterocycles. The minimum absolute atomic E-state index is 0.157. The first-order chi connectivity index (χ1) is 11.0. The maximum Gasteiger partial charge on any atom is 0.237 e. The Morgan fingerprint density at radius 2 is 2.22 bits per heavy atom. The molecule has 23 heavy (non-hydrogen) atoms. The van der Waals surface area contributed by atoms with Gasteiger partial charge in [-0.2, -0.15) is 5.26 Å². The van der Waals surface area contributed by atoms with Crippen LogP contribution in [0.4, 0.5) is 5.69 Å². The van der Waals surface area contributed by atoms with Crippen molar-refractivity contribution in [3.05, 3.63) is 28.8 Å². The van der Waals surface area contributed by atoms with Gasteiger partial charge in [-0.3, -0.25) is 4.79 Å². The number of carbonyl (C=O) groups is 1. The van der Waals surface area contributed by atoms with Gasteiger partial charge in [0.25, 0.3) is 0 Å². The van der Waals surface area contributed by atoms with Crippen molar-refractivity contribution < 1.29 is 4.79 Å². The van der Waals surface area contributed by atoms with Gasteiger partial charge in [-0.05, 0) is 30.9 Å². The monoisotopic (exact) mass is 384 g/mol. The molecule has 5 nitrogen and oxygen atoms in total. The van der Waals surface area contributed by atoms with E-state index in [1.807, 2.05) is 6.07 Å². The summed E-state index contributed by atoms with van der Waals surface area (Å²) in [7, 11) is 0. The number of rotatable bonds is 6. The van der Waals surface area contributed by atoms with Crippen molar-refractivity contribution in [2.75, 3.05) is 11.1 Å². The minimum atomic E-state index is -0.322. The van der Waals surface area contributed by atoms with E-state index in [-0.39, 0.29) is 11.2 Å². The average molecular weight is 385 g/mol. The maximum absolute atomic E-state index is 12.2. The highest BCUT2D eigenvalue weighted by Gasteiger charge is 2.17. The van der Waals surface area contributed by atoms with Crippen molar-refractivity contribution in [1.29, 1.82) is 5.26 Å². The predicted molar refractivity (Wildman–Crippen MR) is 96.4 cm³/mol. The van der Waals surface area contributed by atoms with Crippen molar-refractivity contribution in [2.24, 2.45) is 0 Å². The van der Waals surface area contributed by atoms with E-state index in [4.69, 9.17) is 16.9 Å². The maximum atomic E-state index is 12.2. The summed E-state index contributed by atoms with van der Waals surface area (Å²) in [5, 5.41) is 19.8. The van der Waals surface area contributed by atoms with E-state index >= 15 is 0 Å². The highest BCUT2D eigenvalue weighted by Crippen LogP contribution is 2.31. The zero-order valence-electron chi connectivity index (χ0n) is 12.4. The van der Waals surface area contributed by atoms with Gasteiger partial charge < -0.3 is 5.32 Å². The zero-order valence-corrected chi connectivity index (χ0v) is 15.6. The van der Waals surface area contributed by atoms with Crippen LogP contribution >= 0.6 is 46.5 Å². The highest BCUT2D eigenvalue weighted by molar-refractivity contribution is 8.03. The van der Waals surface area contributed by atoms with Crippen molar-refractivity contribution in [2.45, 2.75) is 27.8 Å². The van der Waals surface area contributed by atoms with Crippen LogP contribution in [0, 0.1) is 11.3 Å². The van der Waals surface area contributed by atoms with Gasteiger partial charge in [0.15, 0.2) is 8.68 Å². The minimum Gasteiger partial charge on any atom is -0.325 e. The van der Waals surface area contributed by atoms with E-state index in [1.165, 1.54) is 23.1 Å². The molecule has 0 aliphatic carbocycles. The molecule has 0 aliphatic heterocycles. The Morgan fingerprint density at radius 3 is 2.87 bits per heavy atom. The molecule has 0 saturated heterocycles. The number of nitrogens with zero attached hydrogens (tertiary/aromatic N) is 3. The zero-order chi connectivity index (χ0) is 16.8. The van der Waals surface area contributed by atoms with Crippen LogP contribution in [0.15, 0.2) is 26.9 Å². The van der Waals surface area contributed by atoms with E-state index < -0.39 is 0 Å². The van der Waals surface area contributed by atoms with Gasteiger partial charge in [0.1, 0.15) is 6.07 Å². The van der Waals surface area contributed by atoms with Crippen molar-refractivity contribution in [1.82, 2.24) is 10.2 Å². The predicted octanol–water partition coefficient (Wildman–Crippen LogP) is 4.29. The number of thioether (sulfide) groups is 2. The summed E-state index contributed by atoms with van der Waals surface area (Å²) in [6, 6.07) is 6.78. The van der Waals surface area contributed by atoms with Gasteiger partial charge in [-0.15, -0.1) is 10.2 Å². The van der Waals surface area contributed by atoms with Crippen molar-refractivity contribution in [3.8, 4) is 6.07 Å². The largest absolute Gasteiger partial charge is 0.325 e. The van der Waals surface area contributed by atoms with Crippen LogP contribution in [-0.2, 0) is 4.79 Å². The van der Waals surface area contributed by atoms with Gasteiger partial charge in [0, 0.05) is 5.69 Å². The van der Waals surface area contributed by atoms with Gasteiger partial charge in [0.2, 0.25) is 5.91 Å². The third kappa shape index (κ3) is 5.11. The van der Waals surface area contributed by atoms with Crippen LogP contribution in [-0.4, -0.2) is 27.1 Å². The molecule has 0 saturated carbocycles. The molecule has 0 aliphatic rings. The summed E-state index contributed by atoms with van der Waals surface area (Å²) in [6.45, 7) is 3.86. The summed E-state index contributed by atoms with van der Waals surface area (Å²) >= 11 is 10.4. The van der Waals surface area contributed by atoms with E-state index in [0.717, 1.165) is 14.4 Å². The Kier molecular flexibility index (Phi) is 6.72. The molecule has 1 aromatic carbocycles. The van der Waals surface area contributed by atoms with E-state index in [1.54, 1.807) is 36.9 Å². The van der Waals surface area contributed by atoms with E-state index in [0.29, 0.717) is 16.3 Å². The van der Waals surface area contributed by atoms with E-state index in [9.17, 15) is 4.79 Å². The third-order valence-corrected chi connectivity index (χ3v) is 6.10. The highest BCUT2D eigenvalue weighted by atomic mass is 35.5. The average Bonchev–Trinajstić information content (AvgIpc) is 2.95. The second-order valence-electron chi connectivity index (χ2n) is 4.32. The first-order valence-electron chi connectivity index (χ1n) is 6.67. The van der Waals surface area contributed by atoms with Crippen LogP contribution in [0.1, 0.15) is 19.4 Å². The number of aromatic nitrogens is 2. The molecule has 0 bridgehead atoms. The Balaban J connectivity index is 1.96. The van der Waals surface area contributed by atoms with Crippen molar-refractivity contribution in [3.63, 3.8) is 0 Å². The molecule has 9 heteroatoms. The van der Waals surface area contributed by atoms with Crippen molar-refractivity contribution >= 4 is 58.1 Å². The smallest absolute Gasteiger partial charge is 0.237 e. The first kappa shape index (κ1) is 18.1. The topological polar surface area (TPSA) is 78.7 Å². The molecule has 0 unspecified atom stereocenters. The molecule has 0 fully saturated rings. The lowest BCUT2D eigenvalue weighted by molar-refractivity contribution is -0.115. The van der Waals surface area contributed by atoms with Crippen LogP contribution < -0.4 is 5.32 Å². The summed E-state index contributed by atoms with van der Waals surface area (Å²) < 4.78 is 1.67. The van der Waals surface area contributed by atoms with Gasteiger partial charge >= 0.3 is 0 Å². The number of nitriles is 1. The molecule has 120 valence electrons. The molecule has 1 N–H and O–H groups in total. The Hall–Kier alpha value is -1.27. The number of halogens is 1. The normalized spacial score (nSPS) is 11.7. The quantitative estimate of drug-likeness (QED) is 0.748. The molecule has 0 radical (unpaired) electrons. The second-order valence-corrected chi connectivity index (χ2v) is 8.81. The van der Waals surface area contributed by atoms with Crippen LogP contribution in [0.3, 0.4) is 0 Å². The fourth-order valence-corrected chi connectivity index (χ4v) is 4.84. The Bertz CT molecular complexity index is 744. The lowest BCUT2D eigenvalue weighted by Gasteiger charge is -2.10. The fourth-order valence-electron chi connectivity index (χ4n) is 1.56. The standard InChI is InChI=1S/C14H13ClN4OS3/c1-3-21-13-18-19-14(23-13)22-8(2)12(20)17-10-5-4-9(7-16)11(15)6-10/h4-6,8H,3H2,1-2H3,(H,17,20)/t8-/m0/s1. The molecule has 1 amide bonds. The Labute approximate surface area is 151 Å². The van der Waals surface area contributed by atoms with Crippen LogP contribution in [0.25, 0.3) is 0 Å². The molecule has 0 spiro atoms. The Morgan fingerprint density at radius 1 is 1.48 bits per heavy atom. The van der Waals surface area contributed by atoms with Gasteiger partial charge in [-0.1, -0.05) is 53.4 Å². The first-order valence-corrected chi connectivity index (χ1v) is 9.73. The summed E-state index contributed by atoms with van der Waals surface area (Å²) in [4.78, 5) is 12.2. The molecule has 2 rings (SSSR count). The van der Waals surface area contributed by atoms with Gasteiger partial charge in [0.05, 0.1) is 15.8 Å². The summed E-state index contributed by atoms with van der Waals surface area (Å²) in [6.07, 6.45) is 0. The molecule has 1 aromatic heterocycles. The number of carbonyl (C=O) groups excluding carboxylic acids is 1. The summed E-state index contributed by atoms with van der Waals surface area (Å²) in [5.41, 5.74) is 0.938. The number of anilines is 1. The van der Waals surface area contributed by atoms with Crippen LogP contribution in [0.2, 0.25) is 5.02 Å². The number of hydrogen-bond acceptors (Lipinski definition) is 7. The van der Waals surface area contributed by atoms with Gasteiger partial charge in [-0.25, -0.2) is 0 Å². The number of amides is 1. The summed E-state index contributed by atoms with van der Waals surface area (Å²) in [5.74, 6) is 0.782.